The Morgan fingerprint density at radius 2 is 1.77 bits per heavy atom. The summed E-state index contributed by atoms with van der Waals surface area (Å²) in [5, 5.41) is 0. The molecule has 2 aromatic carbocycles. The average Bonchev–Trinajstić information content (AvgIpc) is 2.59. The highest BCUT2D eigenvalue weighted by Gasteiger charge is 2.15. The van der Waals surface area contributed by atoms with Crippen molar-refractivity contribution in [1.29, 1.82) is 0 Å². The first kappa shape index (κ1) is 15.9. The molecule has 22 heavy (non-hydrogen) atoms. The van der Waals surface area contributed by atoms with Gasteiger partial charge >= 0.3 is 0 Å². The SMILES string of the molecule is COc1ccc(N(C)C(=O)CCc2ccccc2)c(OC)c1. The second-order valence-corrected chi connectivity index (χ2v) is 4.98. The molecule has 0 heterocycles. The summed E-state index contributed by atoms with van der Waals surface area (Å²) in [5.41, 5.74) is 1.90. The zero-order chi connectivity index (χ0) is 15.9. The Labute approximate surface area is 131 Å². The van der Waals surface area contributed by atoms with Gasteiger partial charge in [-0.3, -0.25) is 4.79 Å². The minimum atomic E-state index is 0.0484. The molecule has 0 unspecified atom stereocenters. The number of rotatable bonds is 6. The molecule has 4 nitrogen and oxygen atoms in total. The number of hydrogen-bond donors (Lipinski definition) is 0. The predicted octanol–water partition coefficient (Wildman–Crippen LogP) is 3.30. The van der Waals surface area contributed by atoms with E-state index in [-0.39, 0.29) is 5.91 Å². The van der Waals surface area contributed by atoms with Crippen LogP contribution in [0.3, 0.4) is 0 Å². The van der Waals surface area contributed by atoms with Gasteiger partial charge in [0.1, 0.15) is 11.5 Å². The molecule has 0 spiro atoms. The smallest absolute Gasteiger partial charge is 0.227 e. The van der Waals surface area contributed by atoms with Crippen LogP contribution < -0.4 is 14.4 Å². The third-order valence-electron chi connectivity index (χ3n) is 3.59. The van der Waals surface area contributed by atoms with Gasteiger partial charge in [0.15, 0.2) is 0 Å². The average molecular weight is 299 g/mol. The first-order valence-corrected chi connectivity index (χ1v) is 7.18. The molecule has 116 valence electrons. The highest BCUT2D eigenvalue weighted by Crippen LogP contribution is 2.31. The summed E-state index contributed by atoms with van der Waals surface area (Å²) in [6.07, 6.45) is 1.18. The molecule has 0 atom stereocenters. The summed E-state index contributed by atoms with van der Waals surface area (Å²) >= 11 is 0. The molecule has 0 aromatic heterocycles. The van der Waals surface area contributed by atoms with Crippen molar-refractivity contribution in [1.82, 2.24) is 0 Å². The van der Waals surface area contributed by atoms with E-state index < -0.39 is 0 Å². The van der Waals surface area contributed by atoms with Crippen LogP contribution in [0.15, 0.2) is 48.5 Å². The molecule has 2 rings (SSSR count). The minimum Gasteiger partial charge on any atom is -0.497 e. The first-order chi connectivity index (χ1) is 10.7. The number of carbonyl (C=O) groups is 1. The lowest BCUT2D eigenvalue weighted by Gasteiger charge is -2.20. The first-order valence-electron chi connectivity index (χ1n) is 7.18. The van der Waals surface area contributed by atoms with E-state index >= 15 is 0 Å². The molecule has 2 aromatic rings. The Balaban J connectivity index is 2.07. The van der Waals surface area contributed by atoms with E-state index in [0.717, 1.165) is 17.7 Å². The lowest BCUT2D eigenvalue weighted by molar-refractivity contribution is -0.118. The van der Waals surface area contributed by atoms with Crippen LogP contribution in [0.2, 0.25) is 0 Å². The van der Waals surface area contributed by atoms with Crippen LogP contribution in [-0.2, 0) is 11.2 Å². The Bertz CT molecular complexity index is 625. The predicted molar refractivity (Wildman–Crippen MR) is 87.7 cm³/mol. The normalized spacial score (nSPS) is 10.1. The van der Waals surface area contributed by atoms with E-state index in [9.17, 15) is 4.79 Å². The highest BCUT2D eigenvalue weighted by molar-refractivity contribution is 5.94. The van der Waals surface area contributed by atoms with Crippen molar-refractivity contribution in [2.75, 3.05) is 26.2 Å². The molecular formula is C18H21NO3. The molecule has 0 saturated heterocycles. The van der Waals surface area contributed by atoms with E-state index in [0.29, 0.717) is 17.9 Å². The molecule has 0 aliphatic heterocycles. The van der Waals surface area contributed by atoms with Gasteiger partial charge in [-0.15, -0.1) is 0 Å². The fourth-order valence-electron chi connectivity index (χ4n) is 2.26. The highest BCUT2D eigenvalue weighted by atomic mass is 16.5. The van der Waals surface area contributed by atoms with Gasteiger partial charge in [0.25, 0.3) is 0 Å². The van der Waals surface area contributed by atoms with Crippen LogP contribution >= 0.6 is 0 Å². The van der Waals surface area contributed by atoms with E-state index in [1.165, 1.54) is 0 Å². The van der Waals surface area contributed by atoms with Crippen molar-refractivity contribution in [2.45, 2.75) is 12.8 Å². The summed E-state index contributed by atoms with van der Waals surface area (Å²) in [6.45, 7) is 0. The Kier molecular flexibility index (Phi) is 5.42. The number of aryl methyl sites for hydroxylation is 1. The molecule has 0 saturated carbocycles. The summed E-state index contributed by atoms with van der Waals surface area (Å²) in [6, 6.07) is 15.4. The van der Waals surface area contributed by atoms with Crippen molar-refractivity contribution in [3.8, 4) is 11.5 Å². The number of hydrogen-bond acceptors (Lipinski definition) is 3. The second kappa shape index (κ2) is 7.50. The summed E-state index contributed by atoms with van der Waals surface area (Å²) in [7, 11) is 4.95. The number of amides is 1. The molecule has 4 heteroatoms. The summed E-state index contributed by atoms with van der Waals surface area (Å²) in [5.74, 6) is 1.37. The van der Waals surface area contributed by atoms with Crippen molar-refractivity contribution in [3.05, 3.63) is 54.1 Å². The van der Waals surface area contributed by atoms with Gasteiger partial charge in [-0.1, -0.05) is 30.3 Å². The molecule has 1 amide bonds. The van der Waals surface area contributed by atoms with Gasteiger partial charge in [0.05, 0.1) is 19.9 Å². The summed E-state index contributed by atoms with van der Waals surface area (Å²) < 4.78 is 10.5. The van der Waals surface area contributed by atoms with Crippen molar-refractivity contribution < 1.29 is 14.3 Å². The van der Waals surface area contributed by atoms with Crippen molar-refractivity contribution in [3.63, 3.8) is 0 Å². The van der Waals surface area contributed by atoms with Crippen LogP contribution in [0.25, 0.3) is 0 Å². The number of carbonyl (C=O) groups excluding carboxylic acids is 1. The van der Waals surface area contributed by atoms with Gasteiger partial charge in [-0.05, 0) is 24.1 Å². The number of anilines is 1. The molecule has 0 radical (unpaired) electrons. The van der Waals surface area contributed by atoms with Crippen LogP contribution in [0.4, 0.5) is 5.69 Å². The zero-order valence-electron chi connectivity index (χ0n) is 13.2. The van der Waals surface area contributed by atoms with Crippen molar-refractivity contribution in [2.24, 2.45) is 0 Å². The molecule has 0 aliphatic rings. The largest absolute Gasteiger partial charge is 0.497 e. The second-order valence-electron chi connectivity index (χ2n) is 4.98. The van der Waals surface area contributed by atoms with Crippen molar-refractivity contribution >= 4 is 11.6 Å². The Morgan fingerprint density at radius 3 is 2.41 bits per heavy atom. The van der Waals surface area contributed by atoms with Crippen LogP contribution in [0.1, 0.15) is 12.0 Å². The third-order valence-corrected chi connectivity index (χ3v) is 3.59. The Morgan fingerprint density at radius 1 is 1.05 bits per heavy atom. The van der Waals surface area contributed by atoms with Crippen LogP contribution in [0.5, 0.6) is 11.5 Å². The van der Waals surface area contributed by atoms with Gasteiger partial charge in [0, 0.05) is 19.5 Å². The fourth-order valence-corrected chi connectivity index (χ4v) is 2.26. The van der Waals surface area contributed by atoms with E-state index in [1.54, 1.807) is 32.2 Å². The number of ether oxygens (including phenoxy) is 2. The maximum atomic E-state index is 12.4. The molecule has 0 N–H and O–H groups in total. The maximum Gasteiger partial charge on any atom is 0.227 e. The van der Waals surface area contributed by atoms with Gasteiger partial charge in [-0.25, -0.2) is 0 Å². The number of benzene rings is 2. The number of nitrogens with zero attached hydrogens (tertiary/aromatic N) is 1. The third kappa shape index (κ3) is 3.79. The van der Waals surface area contributed by atoms with Gasteiger partial charge < -0.3 is 14.4 Å². The monoisotopic (exact) mass is 299 g/mol. The zero-order valence-corrected chi connectivity index (χ0v) is 13.2. The molecule has 0 bridgehead atoms. The van der Waals surface area contributed by atoms with Crippen LogP contribution in [-0.4, -0.2) is 27.2 Å². The van der Waals surface area contributed by atoms with Gasteiger partial charge in [-0.2, -0.15) is 0 Å². The molecular weight excluding hydrogens is 278 g/mol. The van der Waals surface area contributed by atoms with E-state index in [1.807, 2.05) is 42.5 Å². The Hall–Kier alpha value is -2.49. The van der Waals surface area contributed by atoms with Gasteiger partial charge in [0.2, 0.25) is 5.91 Å². The molecule has 0 fully saturated rings. The lowest BCUT2D eigenvalue weighted by Crippen LogP contribution is -2.26. The summed E-state index contributed by atoms with van der Waals surface area (Å²) in [4.78, 5) is 14.0. The molecule has 0 aliphatic carbocycles. The fraction of sp³-hybridized carbons (Fsp3) is 0.278. The standard InChI is InChI=1S/C18H21NO3/c1-19(16-11-10-15(21-2)13-17(16)22-3)18(20)12-9-14-7-5-4-6-8-14/h4-8,10-11,13H,9,12H2,1-3H3. The number of methoxy groups -OCH3 is 2. The van der Waals surface area contributed by atoms with Crippen LogP contribution in [0, 0.1) is 0 Å². The quantitative estimate of drug-likeness (QED) is 0.821. The van der Waals surface area contributed by atoms with E-state index in [4.69, 9.17) is 9.47 Å². The topological polar surface area (TPSA) is 38.8 Å². The minimum absolute atomic E-state index is 0.0484. The lowest BCUT2D eigenvalue weighted by atomic mass is 10.1. The maximum absolute atomic E-state index is 12.4. The van der Waals surface area contributed by atoms with E-state index in [2.05, 4.69) is 0 Å².